The van der Waals surface area contributed by atoms with Crippen LogP contribution in [0.15, 0.2) is 12.3 Å². The van der Waals surface area contributed by atoms with Gasteiger partial charge in [-0.1, -0.05) is 6.92 Å². The number of likely N-dealkylation sites (tertiary alicyclic amines) is 1. The van der Waals surface area contributed by atoms with Gasteiger partial charge in [0.15, 0.2) is 0 Å². The van der Waals surface area contributed by atoms with Gasteiger partial charge in [-0.3, -0.25) is 0 Å². The molecule has 0 aromatic carbocycles. The molecule has 5 heteroatoms. The van der Waals surface area contributed by atoms with Crippen molar-refractivity contribution in [1.82, 2.24) is 10.2 Å². The van der Waals surface area contributed by atoms with E-state index in [-0.39, 0.29) is 18.2 Å². The van der Waals surface area contributed by atoms with E-state index in [1.807, 2.05) is 38.8 Å². The topological polar surface area (TPSA) is 65.4 Å². The SMILES string of the molecule is CCC(=N)/C=C\N[C@@H]1C[C@@H](C)N(C(=O)OC(C)(C)C)[C@@H](C)C1. The van der Waals surface area contributed by atoms with Crippen molar-refractivity contribution in [3.05, 3.63) is 12.3 Å². The molecule has 22 heavy (non-hydrogen) atoms. The van der Waals surface area contributed by atoms with Crippen molar-refractivity contribution in [1.29, 1.82) is 5.41 Å². The average Bonchev–Trinajstić information content (AvgIpc) is 2.35. The van der Waals surface area contributed by atoms with Crippen LogP contribution in [0.5, 0.6) is 0 Å². The van der Waals surface area contributed by atoms with E-state index in [2.05, 4.69) is 19.2 Å². The van der Waals surface area contributed by atoms with Gasteiger partial charge < -0.3 is 20.4 Å². The summed E-state index contributed by atoms with van der Waals surface area (Å²) in [5.74, 6) is 0. The van der Waals surface area contributed by atoms with Crippen LogP contribution in [-0.4, -0.2) is 40.4 Å². The van der Waals surface area contributed by atoms with Crippen LogP contribution in [0.4, 0.5) is 4.79 Å². The predicted molar refractivity (Wildman–Crippen MR) is 90.3 cm³/mol. The largest absolute Gasteiger partial charge is 0.444 e. The maximum absolute atomic E-state index is 12.3. The Balaban J connectivity index is 2.59. The van der Waals surface area contributed by atoms with Crippen molar-refractivity contribution in [2.45, 2.75) is 84.5 Å². The zero-order valence-electron chi connectivity index (χ0n) is 14.8. The second kappa shape index (κ2) is 7.65. The molecule has 1 fully saturated rings. The number of hydrogen-bond acceptors (Lipinski definition) is 4. The molecule has 0 bridgehead atoms. The highest BCUT2D eigenvalue weighted by atomic mass is 16.6. The molecule has 0 aromatic heterocycles. The van der Waals surface area contributed by atoms with E-state index in [0.29, 0.717) is 11.8 Å². The number of nitrogens with zero attached hydrogens (tertiary/aromatic N) is 1. The molecule has 1 aliphatic rings. The monoisotopic (exact) mass is 309 g/mol. The lowest BCUT2D eigenvalue weighted by molar-refractivity contribution is -0.00326. The number of carbonyl (C=O) groups is 1. The van der Waals surface area contributed by atoms with Gasteiger partial charge in [-0.2, -0.15) is 0 Å². The Morgan fingerprint density at radius 3 is 2.32 bits per heavy atom. The van der Waals surface area contributed by atoms with E-state index in [0.717, 1.165) is 19.3 Å². The summed E-state index contributed by atoms with van der Waals surface area (Å²) in [5.41, 5.74) is 0.147. The fraction of sp³-hybridized carbons (Fsp3) is 0.765. The minimum Gasteiger partial charge on any atom is -0.444 e. The maximum Gasteiger partial charge on any atom is 0.410 e. The fourth-order valence-corrected chi connectivity index (χ4v) is 2.79. The van der Waals surface area contributed by atoms with Crippen molar-refractivity contribution in [2.75, 3.05) is 0 Å². The third-order valence-electron chi connectivity index (χ3n) is 3.80. The van der Waals surface area contributed by atoms with Crippen LogP contribution in [0.25, 0.3) is 0 Å². The summed E-state index contributed by atoms with van der Waals surface area (Å²) in [6.07, 6.45) is 5.94. The molecule has 0 saturated carbocycles. The second-order valence-electron chi connectivity index (χ2n) is 7.13. The second-order valence-corrected chi connectivity index (χ2v) is 7.13. The number of amides is 1. The van der Waals surface area contributed by atoms with Gasteiger partial charge in [0.2, 0.25) is 0 Å². The van der Waals surface area contributed by atoms with Gasteiger partial charge in [0, 0.05) is 23.8 Å². The smallest absolute Gasteiger partial charge is 0.410 e. The van der Waals surface area contributed by atoms with E-state index in [1.54, 1.807) is 6.08 Å². The molecule has 1 aliphatic heterocycles. The van der Waals surface area contributed by atoms with E-state index in [1.165, 1.54) is 0 Å². The molecule has 126 valence electrons. The highest BCUT2D eigenvalue weighted by Gasteiger charge is 2.36. The lowest BCUT2D eigenvalue weighted by Gasteiger charge is -2.42. The Morgan fingerprint density at radius 2 is 1.86 bits per heavy atom. The van der Waals surface area contributed by atoms with E-state index < -0.39 is 5.60 Å². The number of allylic oxidation sites excluding steroid dienone is 1. The normalized spacial score (nSPS) is 26.1. The highest BCUT2D eigenvalue weighted by molar-refractivity contribution is 5.91. The van der Waals surface area contributed by atoms with Crippen molar-refractivity contribution in [2.24, 2.45) is 0 Å². The number of ether oxygens (including phenoxy) is 1. The summed E-state index contributed by atoms with van der Waals surface area (Å²) in [7, 11) is 0. The van der Waals surface area contributed by atoms with Crippen LogP contribution in [0.2, 0.25) is 0 Å². The summed E-state index contributed by atoms with van der Waals surface area (Å²) in [5, 5.41) is 11.0. The summed E-state index contributed by atoms with van der Waals surface area (Å²) in [4.78, 5) is 14.2. The molecule has 2 N–H and O–H groups in total. The van der Waals surface area contributed by atoms with E-state index >= 15 is 0 Å². The molecule has 0 spiro atoms. The van der Waals surface area contributed by atoms with Crippen molar-refractivity contribution >= 4 is 11.8 Å². The molecular weight excluding hydrogens is 278 g/mol. The Labute approximate surface area is 134 Å². The molecule has 0 aromatic rings. The summed E-state index contributed by atoms with van der Waals surface area (Å²) < 4.78 is 5.50. The number of hydrogen-bond donors (Lipinski definition) is 2. The van der Waals surface area contributed by atoms with Crippen LogP contribution in [-0.2, 0) is 4.74 Å². The van der Waals surface area contributed by atoms with E-state index in [4.69, 9.17) is 10.1 Å². The Morgan fingerprint density at radius 1 is 1.32 bits per heavy atom. The van der Waals surface area contributed by atoms with Crippen molar-refractivity contribution in [3.63, 3.8) is 0 Å². The van der Waals surface area contributed by atoms with Crippen LogP contribution in [0.1, 0.15) is 60.8 Å². The molecule has 5 nitrogen and oxygen atoms in total. The van der Waals surface area contributed by atoms with E-state index in [9.17, 15) is 4.79 Å². The number of carbonyl (C=O) groups excluding carboxylic acids is 1. The Bertz CT molecular complexity index is 414. The first-order valence-electron chi connectivity index (χ1n) is 8.15. The van der Waals surface area contributed by atoms with Gasteiger partial charge >= 0.3 is 6.09 Å². The van der Waals surface area contributed by atoms with Gasteiger partial charge in [0.25, 0.3) is 0 Å². The Hall–Kier alpha value is -1.52. The molecule has 0 unspecified atom stereocenters. The molecule has 1 heterocycles. The average molecular weight is 309 g/mol. The van der Waals surface area contributed by atoms with Gasteiger partial charge in [-0.15, -0.1) is 0 Å². The summed E-state index contributed by atoms with van der Waals surface area (Å²) in [6, 6.07) is 0.592. The fourth-order valence-electron chi connectivity index (χ4n) is 2.79. The molecular formula is C17H31N3O2. The van der Waals surface area contributed by atoms with Crippen LogP contribution >= 0.6 is 0 Å². The first-order valence-corrected chi connectivity index (χ1v) is 8.15. The number of nitrogens with one attached hydrogen (secondary N) is 2. The van der Waals surface area contributed by atoms with Crippen LogP contribution in [0.3, 0.4) is 0 Å². The molecule has 0 radical (unpaired) electrons. The predicted octanol–water partition coefficient (Wildman–Crippen LogP) is 3.70. The molecule has 1 rings (SSSR count). The maximum atomic E-state index is 12.3. The van der Waals surface area contributed by atoms with Gasteiger partial charge in [-0.25, -0.2) is 4.79 Å². The quantitative estimate of drug-likeness (QED) is 0.778. The van der Waals surface area contributed by atoms with Crippen molar-refractivity contribution < 1.29 is 9.53 Å². The lowest BCUT2D eigenvalue weighted by Crippen LogP contribution is -2.54. The number of rotatable bonds is 4. The molecule has 1 saturated heterocycles. The van der Waals surface area contributed by atoms with Gasteiger partial charge in [0.05, 0.1) is 0 Å². The third-order valence-corrected chi connectivity index (χ3v) is 3.80. The van der Waals surface area contributed by atoms with Crippen LogP contribution in [0, 0.1) is 5.41 Å². The molecule has 1 amide bonds. The van der Waals surface area contributed by atoms with Crippen LogP contribution < -0.4 is 5.32 Å². The summed E-state index contributed by atoms with van der Waals surface area (Å²) >= 11 is 0. The van der Waals surface area contributed by atoms with Gasteiger partial charge in [0.1, 0.15) is 5.60 Å². The molecule has 0 aliphatic carbocycles. The number of piperidine rings is 1. The zero-order chi connectivity index (χ0) is 16.9. The Kier molecular flexibility index (Phi) is 6.45. The molecule has 3 atom stereocenters. The standard InChI is InChI=1S/C17H31N3O2/c1-7-14(18)8-9-19-15-10-12(2)20(13(3)11-15)16(21)22-17(4,5)6/h8-9,12-13,15,18-19H,7,10-11H2,1-6H3/b9-8-,18-14?/t12-,13+,15-. The zero-order valence-corrected chi connectivity index (χ0v) is 14.8. The summed E-state index contributed by atoms with van der Waals surface area (Å²) in [6.45, 7) is 11.8. The minimum absolute atomic E-state index is 0.134. The first kappa shape index (κ1) is 18.5. The lowest BCUT2D eigenvalue weighted by atomic mass is 9.93. The van der Waals surface area contributed by atoms with Crippen molar-refractivity contribution in [3.8, 4) is 0 Å². The first-order chi connectivity index (χ1) is 10.1. The highest BCUT2D eigenvalue weighted by Crippen LogP contribution is 2.25. The third kappa shape index (κ3) is 5.70. The van der Waals surface area contributed by atoms with Gasteiger partial charge in [-0.05, 0) is 66.2 Å². The minimum atomic E-state index is -0.463.